The van der Waals surface area contributed by atoms with Gasteiger partial charge in [-0.3, -0.25) is 9.59 Å². The van der Waals surface area contributed by atoms with E-state index in [9.17, 15) is 9.59 Å². The second-order valence-electron chi connectivity index (χ2n) is 6.63. The summed E-state index contributed by atoms with van der Waals surface area (Å²) in [7, 11) is 0. The molecular weight excluding hydrogens is 304 g/mol. The van der Waals surface area contributed by atoms with Crippen LogP contribution in [0.4, 0.5) is 5.69 Å². The van der Waals surface area contributed by atoms with E-state index in [-0.39, 0.29) is 23.8 Å². The first-order valence-electron chi connectivity index (χ1n) is 8.85. The lowest BCUT2D eigenvalue weighted by atomic mass is 10.1. The molecule has 0 spiro atoms. The molecule has 1 aromatic carbocycles. The first-order chi connectivity index (χ1) is 11.5. The van der Waals surface area contributed by atoms with Crippen LogP contribution in [-0.2, 0) is 9.59 Å². The lowest BCUT2D eigenvalue weighted by molar-refractivity contribution is -0.128. The Balaban J connectivity index is 1.85. The van der Waals surface area contributed by atoms with Gasteiger partial charge in [-0.05, 0) is 44.5 Å². The van der Waals surface area contributed by atoms with Crippen molar-refractivity contribution in [1.29, 1.82) is 0 Å². The predicted octanol–water partition coefficient (Wildman–Crippen LogP) is 3.45. The molecule has 0 saturated carbocycles. The number of amides is 2. The molecule has 0 aliphatic carbocycles. The first-order valence-corrected chi connectivity index (χ1v) is 8.85. The molecular formula is C19H28N2O3. The molecule has 24 heavy (non-hydrogen) atoms. The number of carbonyl (C=O) groups excluding carboxylic acids is 2. The van der Waals surface area contributed by atoms with Crippen LogP contribution in [0.2, 0.25) is 0 Å². The van der Waals surface area contributed by atoms with Crippen molar-refractivity contribution >= 4 is 17.5 Å². The average molecular weight is 332 g/mol. The Morgan fingerprint density at radius 2 is 2.00 bits per heavy atom. The molecule has 5 nitrogen and oxygen atoms in total. The van der Waals surface area contributed by atoms with Crippen LogP contribution in [0.25, 0.3) is 0 Å². The third-order valence-corrected chi connectivity index (χ3v) is 4.11. The quantitative estimate of drug-likeness (QED) is 0.742. The molecule has 5 heteroatoms. The molecule has 2 amide bonds. The summed E-state index contributed by atoms with van der Waals surface area (Å²) in [5, 5.41) is 2.90. The Labute approximate surface area is 144 Å². The van der Waals surface area contributed by atoms with Gasteiger partial charge >= 0.3 is 0 Å². The smallest absolute Gasteiger partial charge is 0.229 e. The molecule has 1 aliphatic heterocycles. The van der Waals surface area contributed by atoms with Crippen molar-refractivity contribution in [2.24, 2.45) is 5.92 Å². The highest BCUT2D eigenvalue weighted by Gasteiger charge is 2.33. The standard InChI is InChI=1S/C19H28N2O3/c1-4-5-6-11-21-13-15(12-18(21)22)19(23)20-16-7-9-17(10-8-16)24-14(2)3/h7-10,14-15H,4-6,11-13H2,1-3H3,(H,20,23). The molecule has 1 saturated heterocycles. The van der Waals surface area contributed by atoms with Gasteiger partial charge in [-0.15, -0.1) is 0 Å². The Bertz CT molecular complexity index is 554. The highest BCUT2D eigenvalue weighted by Crippen LogP contribution is 2.22. The number of nitrogens with one attached hydrogen (secondary N) is 1. The maximum Gasteiger partial charge on any atom is 0.229 e. The number of ether oxygens (including phenoxy) is 1. The van der Waals surface area contributed by atoms with Crippen molar-refractivity contribution in [3.63, 3.8) is 0 Å². The summed E-state index contributed by atoms with van der Waals surface area (Å²) in [6.45, 7) is 7.37. The third-order valence-electron chi connectivity index (χ3n) is 4.11. The van der Waals surface area contributed by atoms with Gasteiger partial charge in [0, 0.05) is 25.2 Å². The summed E-state index contributed by atoms with van der Waals surface area (Å²) < 4.78 is 5.58. The summed E-state index contributed by atoms with van der Waals surface area (Å²) in [6.07, 6.45) is 3.68. The minimum Gasteiger partial charge on any atom is -0.491 e. The Morgan fingerprint density at radius 3 is 2.62 bits per heavy atom. The van der Waals surface area contributed by atoms with Gasteiger partial charge in [0.2, 0.25) is 11.8 Å². The second-order valence-corrected chi connectivity index (χ2v) is 6.63. The van der Waals surface area contributed by atoms with Crippen LogP contribution < -0.4 is 10.1 Å². The van der Waals surface area contributed by atoms with E-state index in [4.69, 9.17) is 4.74 Å². The van der Waals surface area contributed by atoms with E-state index in [2.05, 4.69) is 12.2 Å². The number of carbonyl (C=O) groups is 2. The lowest BCUT2D eigenvalue weighted by Gasteiger charge is -2.16. The van der Waals surface area contributed by atoms with Crippen molar-refractivity contribution in [1.82, 2.24) is 4.90 Å². The van der Waals surface area contributed by atoms with Gasteiger partial charge in [0.1, 0.15) is 5.75 Å². The predicted molar refractivity (Wildman–Crippen MR) is 95.0 cm³/mol. The molecule has 0 radical (unpaired) electrons. The number of benzene rings is 1. The summed E-state index contributed by atoms with van der Waals surface area (Å²) in [5.74, 6) is 0.526. The number of anilines is 1. The van der Waals surface area contributed by atoms with Gasteiger partial charge in [-0.25, -0.2) is 0 Å². The van der Waals surface area contributed by atoms with Gasteiger partial charge in [0.15, 0.2) is 0 Å². The molecule has 1 N–H and O–H groups in total. The minimum absolute atomic E-state index is 0.0844. The maximum atomic E-state index is 12.4. The van der Waals surface area contributed by atoms with E-state index >= 15 is 0 Å². The number of rotatable bonds is 8. The van der Waals surface area contributed by atoms with E-state index in [1.807, 2.05) is 43.0 Å². The zero-order valence-electron chi connectivity index (χ0n) is 14.9. The van der Waals surface area contributed by atoms with Crippen molar-refractivity contribution in [3.8, 4) is 5.75 Å². The summed E-state index contributed by atoms with van der Waals surface area (Å²) >= 11 is 0. The fourth-order valence-corrected chi connectivity index (χ4v) is 2.85. The lowest BCUT2D eigenvalue weighted by Crippen LogP contribution is -2.29. The van der Waals surface area contributed by atoms with Gasteiger partial charge in [0.25, 0.3) is 0 Å². The molecule has 1 fully saturated rings. The number of hydrogen-bond acceptors (Lipinski definition) is 3. The van der Waals surface area contributed by atoms with E-state index in [1.54, 1.807) is 0 Å². The molecule has 1 unspecified atom stereocenters. The summed E-state index contributed by atoms with van der Waals surface area (Å²) in [6, 6.07) is 7.33. The van der Waals surface area contributed by atoms with Crippen LogP contribution in [0, 0.1) is 5.92 Å². The molecule has 0 bridgehead atoms. The van der Waals surface area contributed by atoms with Gasteiger partial charge in [0.05, 0.1) is 12.0 Å². The number of unbranched alkanes of at least 4 members (excludes halogenated alkanes) is 2. The zero-order valence-corrected chi connectivity index (χ0v) is 14.9. The minimum atomic E-state index is -0.259. The normalized spacial score (nSPS) is 17.4. The van der Waals surface area contributed by atoms with Crippen molar-refractivity contribution < 1.29 is 14.3 Å². The average Bonchev–Trinajstić information content (AvgIpc) is 2.90. The van der Waals surface area contributed by atoms with E-state index < -0.39 is 0 Å². The van der Waals surface area contributed by atoms with Crippen LogP contribution >= 0.6 is 0 Å². The molecule has 0 aromatic heterocycles. The molecule has 1 atom stereocenters. The highest BCUT2D eigenvalue weighted by atomic mass is 16.5. The third kappa shape index (κ3) is 5.25. The Kier molecular flexibility index (Phi) is 6.64. The van der Waals surface area contributed by atoms with Gasteiger partial charge < -0.3 is 15.0 Å². The van der Waals surface area contributed by atoms with Crippen molar-refractivity contribution in [3.05, 3.63) is 24.3 Å². The van der Waals surface area contributed by atoms with Crippen LogP contribution in [-0.4, -0.2) is 35.9 Å². The van der Waals surface area contributed by atoms with Crippen LogP contribution in [0.5, 0.6) is 5.75 Å². The van der Waals surface area contributed by atoms with Crippen molar-refractivity contribution in [2.45, 2.75) is 52.6 Å². The molecule has 1 heterocycles. The topological polar surface area (TPSA) is 58.6 Å². The Hall–Kier alpha value is -2.04. The number of hydrogen-bond donors (Lipinski definition) is 1. The molecule has 1 aromatic rings. The van der Waals surface area contributed by atoms with Crippen molar-refractivity contribution in [2.75, 3.05) is 18.4 Å². The van der Waals surface area contributed by atoms with Crippen LogP contribution in [0.15, 0.2) is 24.3 Å². The summed E-state index contributed by atoms with van der Waals surface area (Å²) in [4.78, 5) is 26.2. The number of nitrogens with zero attached hydrogens (tertiary/aromatic N) is 1. The second kappa shape index (κ2) is 8.71. The highest BCUT2D eigenvalue weighted by molar-refractivity contribution is 5.97. The SMILES string of the molecule is CCCCCN1CC(C(=O)Nc2ccc(OC(C)C)cc2)CC1=O. The van der Waals surface area contributed by atoms with Gasteiger partial charge in [-0.1, -0.05) is 19.8 Å². The summed E-state index contributed by atoms with van der Waals surface area (Å²) in [5.41, 5.74) is 0.730. The van der Waals surface area contributed by atoms with Gasteiger partial charge in [-0.2, -0.15) is 0 Å². The fraction of sp³-hybridized carbons (Fsp3) is 0.579. The fourth-order valence-electron chi connectivity index (χ4n) is 2.85. The molecule has 132 valence electrons. The van der Waals surface area contributed by atoms with E-state index in [0.717, 1.165) is 37.2 Å². The van der Waals surface area contributed by atoms with E-state index in [1.165, 1.54) is 0 Å². The maximum absolute atomic E-state index is 12.4. The first kappa shape index (κ1) is 18.3. The molecule has 2 rings (SSSR count). The monoisotopic (exact) mass is 332 g/mol. The molecule has 1 aliphatic rings. The number of likely N-dealkylation sites (tertiary alicyclic amines) is 1. The van der Waals surface area contributed by atoms with Crippen LogP contribution in [0.1, 0.15) is 46.5 Å². The van der Waals surface area contributed by atoms with Crippen LogP contribution in [0.3, 0.4) is 0 Å². The Morgan fingerprint density at radius 1 is 1.29 bits per heavy atom. The largest absolute Gasteiger partial charge is 0.491 e. The van der Waals surface area contributed by atoms with E-state index in [0.29, 0.717) is 13.0 Å². The zero-order chi connectivity index (χ0) is 17.5.